The number of hydrogen-bond acceptors (Lipinski definition) is 6. The van der Waals surface area contributed by atoms with Gasteiger partial charge in [-0.3, -0.25) is 4.79 Å². The number of nitrogens with zero attached hydrogens (tertiary/aromatic N) is 4. The van der Waals surface area contributed by atoms with E-state index >= 15 is 0 Å². The van der Waals surface area contributed by atoms with Gasteiger partial charge in [-0.15, -0.1) is 0 Å². The highest BCUT2D eigenvalue weighted by molar-refractivity contribution is 7.89. The Morgan fingerprint density at radius 2 is 1.68 bits per heavy atom. The highest BCUT2D eigenvalue weighted by Crippen LogP contribution is 2.31. The first kappa shape index (κ1) is 23.5. The molecule has 1 atom stereocenters. The summed E-state index contributed by atoms with van der Waals surface area (Å²) < 4.78 is 32.6. The summed E-state index contributed by atoms with van der Waals surface area (Å²) in [6.45, 7) is 2.59. The van der Waals surface area contributed by atoms with Gasteiger partial charge in [0.2, 0.25) is 27.6 Å². The van der Waals surface area contributed by atoms with Crippen molar-refractivity contribution in [2.45, 2.75) is 75.0 Å². The summed E-state index contributed by atoms with van der Waals surface area (Å²) in [5.74, 6) is 1.84. The Labute approximate surface area is 201 Å². The van der Waals surface area contributed by atoms with E-state index in [0.717, 1.165) is 37.8 Å². The molecule has 3 fully saturated rings. The number of carbonyl (C=O) groups excluding carboxylic acids is 1. The molecule has 1 aliphatic carbocycles. The van der Waals surface area contributed by atoms with Crippen LogP contribution in [0.1, 0.15) is 76.0 Å². The zero-order chi connectivity index (χ0) is 23.5. The van der Waals surface area contributed by atoms with Crippen LogP contribution in [0.3, 0.4) is 0 Å². The van der Waals surface area contributed by atoms with Gasteiger partial charge in [-0.05, 0) is 68.7 Å². The molecule has 0 radical (unpaired) electrons. The Bertz CT molecular complexity index is 1090. The van der Waals surface area contributed by atoms with Gasteiger partial charge in [-0.25, -0.2) is 8.42 Å². The molecule has 184 valence electrons. The maximum absolute atomic E-state index is 12.9. The summed E-state index contributed by atoms with van der Waals surface area (Å²) in [5.41, 5.74) is 0.719. The third-order valence-electron chi connectivity index (χ3n) is 7.57. The lowest BCUT2D eigenvalue weighted by atomic mass is 9.86. The number of hydrogen-bond donors (Lipinski definition) is 0. The molecule has 0 spiro atoms. The Morgan fingerprint density at radius 1 is 0.941 bits per heavy atom. The second kappa shape index (κ2) is 10.2. The van der Waals surface area contributed by atoms with Crippen molar-refractivity contribution in [3.05, 3.63) is 30.2 Å². The standard InChI is InChI=1S/C25H34N4O4S/c30-23(17-19-7-2-1-3-8-19)28-14-6-9-21(18-28)25-26-24(27-33-25)20-10-12-22(13-11-20)34(31,32)29-15-4-5-16-29/h10-13,19,21H,1-9,14-18H2/t21-/m0/s1. The minimum atomic E-state index is -3.44. The topological polar surface area (TPSA) is 96.6 Å². The van der Waals surface area contributed by atoms with E-state index in [4.69, 9.17) is 4.52 Å². The molecule has 8 nitrogen and oxygen atoms in total. The molecule has 2 aliphatic heterocycles. The average Bonchev–Trinajstić information content (AvgIpc) is 3.58. The van der Waals surface area contributed by atoms with Gasteiger partial charge in [0.1, 0.15) is 0 Å². The van der Waals surface area contributed by atoms with Crippen molar-refractivity contribution in [1.29, 1.82) is 0 Å². The predicted molar refractivity (Wildman–Crippen MR) is 127 cm³/mol. The van der Waals surface area contributed by atoms with Crippen LogP contribution in [0.15, 0.2) is 33.7 Å². The van der Waals surface area contributed by atoms with Crippen LogP contribution in [-0.2, 0) is 14.8 Å². The summed E-state index contributed by atoms with van der Waals surface area (Å²) in [7, 11) is -3.44. The van der Waals surface area contributed by atoms with Crippen molar-refractivity contribution in [2.24, 2.45) is 5.92 Å². The quantitative estimate of drug-likeness (QED) is 0.607. The summed E-state index contributed by atoms with van der Waals surface area (Å²) in [6, 6.07) is 6.70. The first-order valence-electron chi connectivity index (χ1n) is 12.7. The van der Waals surface area contributed by atoms with Crippen molar-refractivity contribution in [3.8, 4) is 11.4 Å². The number of amides is 1. The van der Waals surface area contributed by atoms with Gasteiger partial charge in [0.15, 0.2) is 0 Å². The first-order valence-corrected chi connectivity index (χ1v) is 14.2. The molecular weight excluding hydrogens is 452 g/mol. The first-order chi connectivity index (χ1) is 16.5. The third kappa shape index (κ3) is 5.05. The number of sulfonamides is 1. The molecule has 0 bridgehead atoms. The van der Waals surface area contributed by atoms with Crippen molar-refractivity contribution in [1.82, 2.24) is 19.3 Å². The average molecular weight is 487 g/mol. The summed E-state index contributed by atoms with van der Waals surface area (Å²) in [4.78, 5) is 19.8. The minimum Gasteiger partial charge on any atom is -0.342 e. The largest absolute Gasteiger partial charge is 0.342 e. The SMILES string of the molecule is O=C(CC1CCCCC1)N1CCC[C@H](c2nc(-c3ccc(S(=O)(=O)N4CCCC4)cc3)no2)C1. The minimum absolute atomic E-state index is 0.0418. The summed E-state index contributed by atoms with van der Waals surface area (Å²) in [6.07, 6.45) is 10.5. The van der Waals surface area contributed by atoms with Crippen LogP contribution in [-0.4, -0.2) is 59.8 Å². The fourth-order valence-corrected chi connectivity index (χ4v) is 7.06. The monoisotopic (exact) mass is 486 g/mol. The number of aromatic nitrogens is 2. The Hall–Kier alpha value is -2.26. The van der Waals surface area contributed by atoms with Crippen molar-refractivity contribution in [2.75, 3.05) is 26.2 Å². The fraction of sp³-hybridized carbons (Fsp3) is 0.640. The van der Waals surface area contributed by atoms with Crippen molar-refractivity contribution < 1.29 is 17.7 Å². The second-order valence-electron chi connectivity index (χ2n) is 9.98. The third-order valence-corrected chi connectivity index (χ3v) is 9.48. The van der Waals surface area contributed by atoms with E-state index in [-0.39, 0.29) is 11.8 Å². The van der Waals surface area contributed by atoms with Crippen molar-refractivity contribution in [3.63, 3.8) is 0 Å². The van der Waals surface area contributed by atoms with E-state index in [1.54, 1.807) is 28.6 Å². The van der Waals surface area contributed by atoms with E-state index in [0.29, 0.717) is 48.6 Å². The smallest absolute Gasteiger partial charge is 0.243 e. The molecule has 1 aromatic carbocycles. The molecule has 1 aromatic heterocycles. The van der Waals surface area contributed by atoms with E-state index in [9.17, 15) is 13.2 Å². The van der Waals surface area contributed by atoms with Crippen LogP contribution in [0.5, 0.6) is 0 Å². The number of likely N-dealkylation sites (tertiary alicyclic amines) is 1. The van der Waals surface area contributed by atoms with Gasteiger partial charge < -0.3 is 9.42 Å². The van der Waals surface area contributed by atoms with E-state index in [1.165, 1.54) is 32.1 Å². The molecule has 1 amide bonds. The highest BCUT2D eigenvalue weighted by Gasteiger charge is 2.30. The Morgan fingerprint density at radius 3 is 2.41 bits per heavy atom. The van der Waals surface area contributed by atoms with Gasteiger partial charge in [-0.1, -0.05) is 24.4 Å². The fourth-order valence-electron chi connectivity index (χ4n) is 5.54. The van der Waals surface area contributed by atoms with Crippen LogP contribution in [0.25, 0.3) is 11.4 Å². The van der Waals surface area contributed by atoms with Gasteiger partial charge in [0, 0.05) is 38.2 Å². The maximum atomic E-state index is 12.9. The van der Waals surface area contributed by atoms with Gasteiger partial charge in [-0.2, -0.15) is 9.29 Å². The Kier molecular flexibility index (Phi) is 7.01. The van der Waals surface area contributed by atoms with Crippen molar-refractivity contribution >= 4 is 15.9 Å². The van der Waals surface area contributed by atoms with E-state index in [1.807, 2.05) is 4.90 Å². The molecule has 3 aliphatic rings. The predicted octanol–water partition coefficient (Wildman–Crippen LogP) is 4.20. The summed E-state index contributed by atoms with van der Waals surface area (Å²) >= 11 is 0. The van der Waals surface area contributed by atoms with Crippen LogP contribution < -0.4 is 0 Å². The van der Waals surface area contributed by atoms with E-state index in [2.05, 4.69) is 10.1 Å². The lowest BCUT2D eigenvalue weighted by Crippen LogP contribution is -2.40. The molecule has 5 rings (SSSR count). The molecule has 2 aromatic rings. The van der Waals surface area contributed by atoms with Crippen LogP contribution in [0, 0.1) is 5.92 Å². The second-order valence-corrected chi connectivity index (χ2v) is 11.9. The number of carbonyl (C=O) groups is 1. The number of piperidine rings is 1. The molecular formula is C25H34N4O4S. The number of rotatable bonds is 6. The van der Waals surface area contributed by atoms with Gasteiger partial charge in [0.25, 0.3) is 0 Å². The zero-order valence-corrected chi connectivity index (χ0v) is 20.5. The highest BCUT2D eigenvalue weighted by atomic mass is 32.2. The van der Waals surface area contributed by atoms with E-state index < -0.39 is 10.0 Å². The molecule has 2 saturated heterocycles. The van der Waals surface area contributed by atoms with Crippen LogP contribution in [0.4, 0.5) is 0 Å². The van der Waals surface area contributed by atoms with Crippen LogP contribution >= 0.6 is 0 Å². The normalized spacial score (nSPS) is 22.8. The zero-order valence-electron chi connectivity index (χ0n) is 19.7. The summed E-state index contributed by atoms with van der Waals surface area (Å²) in [5, 5.41) is 4.15. The Balaban J connectivity index is 1.23. The molecule has 0 unspecified atom stereocenters. The molecule has 1 saturated carbocycles. The maximum Gasteiger partial charge on any atom is 0.243 e. The van der Waals surface area contributed by atoms with Crippen LogP contribution in [0.2, 0.25) is 0 Å². The lowest BCUT2D eigenvalue weighted by molar-refractivity contribution is -0.133. The molecule has 3 heterocycles. The number of benzene rings is 1. The molecule has 0 N–H and O–H groups in total. The molecule has 34 heavy (non-hydrogen) atoms. The molecule has 9 heteroatoms. The van der Waals surface area contributed by atoms with Gasteiger partial charge >= 0.3 is 0 Å². The lowest BCUT2D eigenvalue weighted by Gasteiger charge is -2.32. The van der Waals surface area contributed by atoms with Gasteiger partial charge in [0.05, 0.1) is 10.8 Å².